The molecule has 0 unspecified atom stereocenters. The second-order valence-corrected chi connectivity index (χ2v) is 4.58. The molecule has 0 aliphatic rings. The molecule has 0 saturated heterocycles. The van der Waals surface area contributed by atoms with Gasteiger partial charge < -0.3 is 20.1 Å². The topological polar surface area (TPSA) is 62.7 Å². The van der Waals surface area contributed by atoms with E-state index < -0.39 is 7.32 Å². The summed E-state index contributed by atoms with van der Waals surface area (Å²) >= 11 is 0. The Morgan fingerprint density at radius 3 is 0.828 bits per heavy atom. The summed E-state index contributed by atoms with van der Waals surface area (Å²) in [5.74, 6) is 2.04. The summed E-state index contributed by atoms with van der Waals surface area (Å²) in [7, 11) is -0.868. The Bertz CT molecular complexity index is 623. The third-order valence-corrected chi connectivity index (χ3v) is 2.93. The van der Waals surface area contributed by atoms with Gasteiger partial charge in [0.2, 0.25) is 0 Å². The van der Waals surface area contributed by atoms with E-state index in [-0.39, 0.29) is 6.15 Å². The average Bonchev–Trinajstić information content (AvgIpc) is 2.80. The lowest BCUT2D eigenvalue weighted by molar-refractivity contribution is 0.307. The molecular formula is C24H30BNO3. The second-order valence-electron chi connectivity index (χ2n) is 4.58. The molecule has 0 aliphatic carbocycles. The third-order valence-electron chi connectivity index (χ3n) is 2.93. The highest BCUT2D eigenvalue weighted by Gasteiger charge is 2.29. The van der Waals surface area contributed by atoms with Crippen LogP contribution in [0.3, 0.4) is 0 Å². The van der Waals surface area contributed by atoms with E-state index in [1.165, 1.54) is 0 Å². The van der Waals surface area contributed by atoms with Crippen LogP contribution in [-0.4, -0.2) is 7.32 Å². The smallest absolute Gasteiger partial charge is 0.490 e. The zero-order valence-electron chi connectivity index (χ0n) is 16.9. The first-order valence-electron chi connectivity index (χ1n) is 8.55. The first-order chi connectivity index (χ1) is 13.9. The van der Waals surface area contributed by atoms with E-state index in [0.717, 1.165) is 0 Å². The van der Waals surface area contributed by atoms with Crippen molar-refractivity contribution in [2.75, 3.05) is 0 Å². The molecule has 0 saturated carbocycles. The Kier molecular flexibility index (Phi) is 18.1. The van der Waals surface area contributed by atoms with Gasteiger partial charge in [-0.05, 0) is 36.4 Å². The van der Waals surface area contributed by atoms with Gasteiger partial charge in [0.25, 0.3) is 0 Å². The molecule has 0 aliphatic heterocycles. The van der Waals surface area contributed by atoms with Crippen molar-refractivity contribution < 1.29 is 14.0 Å². The summed E-state index contributed by atoms with van der Waals surface area (Å²) in [4.78, 5) is 0. The van der Waals surface area contributed by atoms with Crippen LogP contribution in [-0.2, 0) is 0 Å². The summed E-state index contributed by atoms with van der Waals surface area (Å²) in [6.45, 7) is 18.0. The van der Waals surface area contributed by atoms with E-state index in [0.29, 0.717) is 17.2 Å². The molecule has 152 valence electrons. The number of rotatable bonds is 6. The number of para-hydroxylation sites is 3. The molecule has 0 amide bonds. The fourth-order valence-corrected chi connectivity index (χ4v) is 1.90. The Hall–Kier alpha value is -3.70. The van der Waals surface area contributed by atoms with Gasteiger partial charge in [0.1, 0.15) is 17.2 Å². The number of hydrogen-bond donors (Lipinski definition) is 1. The summed E-state index contributed by atoms with van der Waals surface area (Å²) in [6, 6.07) is 28.3. The largest absolute Gasteiger partial charge is 0.864 e. The van der Waals surface area contributed by atoms with Crippen molar-refractivity contribution >= 4 is 7.32 Å². The molecule has 0 radical (unpaired) electrons. The minimum Gasteiger partial charge on any atom is -0.490 e. The molecule has 0 atom stereocenters. The van der Waals surface area contributed by atoms with Crippen LogP contribution >= 0.6 is 0 Å². The van der Waals surface area contributed by atoms with E-state index in [2.05, 4.69) is 39.5 Å². The SMILES string of the molecule is C=C.C=C.C=C.N.c1ccc(OB(Oc2ccccc2)Oc2ccccc2)cc1. The zero-order valence-corrected chi connectivity index (χ0v) is 16.9. The Morgan fingerprint density at radius 2 is 0.621 bits per heavy atom. The predicted molar refractivity (Wildman–Crippen MR) is 126 cm³/mol. The molecule has 5 heteroatoms. The molecule has 3 aromatic carbocycles. The van der Waals surface area contributed by atoms with Crippen molar-refractivity contribution in [3.63, 3.8) is 0 Å². The lowest BCUT2D eigenvalue weighted by atomic mass is 10.2. The minimum absolute atomic E-state index is 0. The fraction of sp³-hybridized carbons (Fsp3) is 0. The van der Waals surface area contributed by atoms with Gasteiger partial charge in [-0.2, -0.15) is 0 Å². The molecule has 0 heterocycles. The van der Waals surface area contributed by atoms with Crippen LogP contribution in [0.2, 0.25) is 0 Å². The molecule has 0 spiro atoms. The predicted octanol–water partition coefficient (Wildman–Crippen LogP) is 6.78. The van der Waals surface area contributed by atoms with Gasteiger partial charge in [-0.1, -0.05) is 54.6 Å². The van der Waals surface area contributed by atoms with Crippen LogP contribution in [0.4, 0.5) is 0 Å². The van der Waals surface area contributed by atoms with Crippen LogP contribution in [0.15, 0.2) is 130 Å². The highest BCUT2D eigenvalue weighted by atomic mass is 16.7. The van der Waals surface area contributed by atoms with E-state index in [4.69, 9.17) is 14.0 Å². The lowest BCUT2D eigenvalue weighted by Gasteiger charge is -2.16. The van der Waals surface area contributed by atoms with E-state index >= 15 is 0 Å². The fourth-order valence-electron chi connectivity index (χ4n) is 1.90. The molecule has 0 bridgehead atoms. The zero-order chi connectivity index (χ0) is 21.0. The summed E-state index contributed by atoms with van der Waals surface area (Å²) in [6.07, 6.45) is 0. The van der Waals surface area contributed by atoms with Crippen LogP contribution in [0, 0.1) is 0 Å². The summed E-state index contributed by atoms with van der Waals surface area (Å²) in [5, 5.41) is 0. The van der Waals surface area contributed by atoms with Gasteiger partial charge in [0.15, 0.2) is 0 Å². The maximum Gasteiger partial charge on any atom is 0.864 e. The van der Waals surface area contributed by atoms with Gasteiger partial charge in [-0.3, -0.25) is 0 Å². The van der Waals surface area contributed by atoms with E-state index in [9.17, 15) is 0 Å². The summed E-state index contributed by atoms with van der Waals surface area (Å²) in [5.41, 5.74) is 0. The van der Waals surface area contributed by atoms with Crippen molar-refractivity contribution in [1.82, 2.24) is 6.15 Å². The molecule has 3 N–H and O–H groups in total. The van der Waals surface area contributed by atoms with Crippen molar-refractivity contribution in [1.29, 1.82) is 0 Å². The second kappa shape index (κ2) is 19.1. The molecule has 0 fully saturated rings. The van der Waals surface area contributed by atoms with Crippen molar-refractivity contribution in [3.8, 4) is 17.2 Å². The highest BCUT2D eigenvalue weighted by Crippen LogP contribution is 2.17. The van der Waals surface area contributed by atoms with E-state index in [1.54, 1.807) is 0 Å². The number of benzene rings is 3. The van der Waals surface area contributed by atoms with E-state index in [1.807, 2.05) is 91.0 Å². The average molecular weight is 391 g/mol. The maximum atomic E-state index is 5.78. The molecule has 4 nitrogen and oxygen atoms in total. The highest BCUT2D eigenvalue weighted by molar-refractivity contribution is 6.39. The van der Waals surface area contributed by atoms with Gasteiger partial charge in [-0.15, -0.1) is 39.5 Å². The first-order valence-corrected chi connectivity index (χ1v) is 8.55. The Labute approximate surface area is 175 Å². The molecular weight excluding hydrogens is 361 g/mol. The van der Waals surface area contributed by atoms with Crippen molar-refractivity contribution in [3.05, 3.63) is 130 Å². The first kappa shape index (κ1) is 27.5. The van der Waals surface area contributed by atoms with Crippen molar-refractivity contribution in [2.24, 2.45) is 0 Å². The third kappa shape index (κ3) is 11.6. The van der Waals surface area contributed by atoms with Crippen LogP contribution in [0.1, 0.15) is 0 Å². The number of hydrogen-bond acceptors (Lipinski definition) is 4. The van der Waals surface area contributed by atoms with Gasteiger partial charge in [0, 0.05) is 0 Å². The lowest BCUT2D eigenvalue weighted by Crippen LogP contribution is -2.36. The molecule has 0 aromatic heterocycles. The standard InChI is InChI=1S/C18H15BO3.3C2H4.H3N/c1-4-10-16(11-5-1)20-19(21-17-12-6-2-7-13-17)22-18-14-8-3-9-15-18;3*1-2;/h1-15H;3*1-2H2;1H3. The molecule has 29 heavy (non-hydrogen) atoms. The van der Waals surface area contributed by atoms with Crippen LogP contribution in [0.25, 0.3) is 0 Å². The minimum atomic E-state index is -0.868. The Morgan fingerprint density at radius 1 is 0.414 bits per heavy atom. The summed E-state index contributed by atoms with van der Waals surface area (Å²) < 4.78 is 17.3. The van der Waals surface area contributed by atoms with Crippen LogP contribution < -0.4 is 20.1 Å². The van der Waals surface area contributed by atoms with Gasteiger partial charge in [-0.25, -0.2) is 0 Å². The normalized spacial score (nSPS) is 7.86. The van der Waals surface area contributed by atoms with Gasteiger partial charge >= 0.3 is 7.32 Å². The Balaban J connectivity index is 0. The molecule has 3 aromatic rings. The van der Waals surface area contributed by atoms with Gasteiger partial charge in [0.05, 0.1) is 0 Å². The quantitative estimate of drug-likeness (QED) is 0.372. The maximum absolute atomic E-state index is 5.78. The molecule has 3 rings (SSSR count). The van der Waals surface area contributed by atoms with Crippen molar-refractivity contribution in [2.45, 2.75) is 0 Å². The monoisotopic (exact) mass is 391 g/mol. The van der Waals surface area contributed by atoms with Crippen LogP contribution in [0.5, 0.6) is 17.2 Å².